The molecule has 4 unspecified atom stereocenters. The molecule has 3 saturated carbocycles. The van der Waals surface area contributed by atoms with Crippen molar-refractivity contribution in [1.82, 2.24) is 5.32 Å². The Labute approximate surface area is 129 Å². The minimum absolute atomic E-state index is 0.293. The number of rotatable bonds is 5. The van der Waals surface area contributed by atoms with Crippen LogP contribution in [0.25, 0.3) is 0 Å². The Kier molecular flexibility index (Phi) is 4.88. The van der Waals surface area contributed by atoms with Crippen LogP contribution in [0.5, 0.6) is 0 Å². The fourth-order valence-corrected chi connectivity index (χ4v) is 5.26. The summed E-state index contributed by atoms with van der Waals surface area (Å²) in [7, 11) is 0. The summed E-state index contributed by atoms with van der Waals surface area (Å²) in [6.07, 6.45) is 11.2. The van der Waals surface area contributed by atoms with Crippen LogP contribution in [0.1, 0.15) is 64.7 Å². The summed E-state index contributed by atoms with van der Waals surface area (Å²) in [5.41, 5.74) is 5.74. The molecule has 0 aromatic rings. The van der Waals surface area contributed by atoms with Crippen LogP contribution < -0.4 is 11.1 Å². The third kappa shape index (κ3) is 3.61. The van der Waals surface area contributed by atoms with Gasteiger partial charge in [0, 0.05) is 12.5 Å². The van der Waals surface area contributed by atoms with Crippen LogP contribution in [0.3, 0.4) is 0 Å². The van der Waals surface area contributed by atoms with Crippen molar-refractivity contribution >= 4 is 5.91 Å². The van der Waals surface area contributed by atoms with Gasteiger partial charge in [0.05, 0.1) is 0 Å². The van der Waals surface area contributed by atoms with E-state index in [-0.39, 0.29) is 0 Å². The summed E-state index contributed by atoms with van der Waals surface area (Å²) in [4.78, 5) is 12.3. The van der Waals surface area contributed by atoms with E-state index in [1.165, 1.54) is 51.4 Å². The molecule has 3 rings (SSSR count). The van der Waals surface area contributed by atoms with Gasteiger partial charge in [-0.15, -0.1) is 0 Å². The van der Waals surface area contributed by atoms with Gasteiger partial charge in [0.2, 0.25) is 5.91 Å². The average Bonchev–Trinajstić information content (AvgIpc) is 3.10. The van der Waals surface area contributed by atoms with E-state index in [9.17, 15) is 4.79 Å². The molecule has 3 aliphatic carbocycles. The Morgan fingerprint density at radius 1 is 1.10 bits per heavy atom. The first kappa shape index (κ1) is 15.3. The van der Waals surface area contributed by atoms with Gasteiger partial charge in [0.25, 0.3) is 0 Å². The average molecular weight is 292 g/mol. The molecule has 3 heteroatoms. The lowest BCUT2D eigenvalue weighted by Crippen LogP contribution is -2.41. The Morgan fingerprint density at radius 2 is 1.81 bits per heavy atom. The first-order valence-corrected chi connectivity index (χ1v) is 9.15. The van der Waals surface area contributed by atoms with E-state index >= 15 is 0 Å². The van der Waals surface area contributed by atoms with Gasteiger partial charge in [-0.2, -0.15) is 0 Å². The molecule has 0 radical (unpaired) electrons. The molecule has 0 aromatic heterocycles. The minimum Gasteiger partial charge on any atom is -0.353 e. The van der Waals surface area contributed by atoms with Crippen LogP contribution in [0.15, 0.2) is 0 Å². The Bertz CT molecular complexity index is 362. The van der Waals surface area contributed by atoms with Gasteiger partial charge in [0.15, 0.2) is 0 Å². The zero-order chi connectivity index (χ0) is 14.8. The number of hydrogen-bond acceptors (Lipinski definition) is 2. The van der Waals surface area contributed by atoms with Crippen LogP contribution in [0, 0.1) is 29.6 Å². The van der Waals surface area contributed by atoms with Gasteiger partial charge in [0.1, 0.15) is 0 Å². The van der Waals surface area contributed by atoms with Crippen LogP contribution >= 0.6 is 0 Å². The molecule has 3 fully saturated rings. The van der Waals surface area contributed by atoms with Gasteiger partial charge in [-0.3, -0.25) is 4.79 Å². The van der Waals surface area contributed by atoms with E-state index in [1.54, 1.807) is 0 Å². The summed E-state index contributed by atoms with van der Waals surface area (Å²) in [6, 6.07) is 0.383. The molecule has 3 N–H and O–H groups in total. The number of nitrogens with two attached hydrogens (primary N) is 1. The fourth-order valence-electron chi connectivity index (χ4n) is 5.26. The topological polar surface area (TPSA) is 55.1 Å². The van der Waals surface area contributed by atoms with Crippen molar-refractivity contribution in [2.75, 3.05) is 6.54 Å². The molecule has 4 atom stereocenters. The number of hydrogen-bond donors (Lipinski definition) is 2. The first-order valence-electron chi connectivity index (χ1n) is 9.15. The Hall–Kier alpha value is -0.570. The van der Waals surface area contributed by atoms with Crippen molar-refractivity contribution in [2.45, 2.75) is 70.8 Å². The van der Waals surface area contributed by atoms with Gasteiger partial charge in [-0.1, -0.05) is 6.42 Å². The van der Waals surface area contributed by atoms with Crippen molar-refractivity contribution in [3.05, 3.63) is 0 Å². The number of nitrogens with one attached hydrogen (secondary N) is 1. The van der Waals surface area contributed by atoms with Crippen LogP contribution in [0.2, 0.25) is 0 Å². The minimum atomic E-state index is 0.293. The third-order valence-electron chi connectivity index (χ3n) is 6.60. The predicted molar refractivity (Wildman–Crippen MR) is 85.7 cm³/mol. The van der Waals surface area contributed by atoms with Gasteiger partial charge >= 0.3 is 0 Å². The van der Waals surface area contributed by atoms with Gasteiger partial charge < -0.3 is 11.1 Å². The second-order valence-electron chi connectivity index (χ2n) is 8.02. The van der Waals surface area contributed by atoms with E-state index in [1.807, 2.05) is 0 Å². The van der Waals surface area contributed by atoms with Crippen LogP contribution in [-0.4, -0.2) is 18.5 Å². The van der Waals surface area contributed by atoms with E-state index < -0.39 is 0 Å². The molecule has 0 aromatic carbocycles. The molecule has 3 nitrogen and oxygen atoms in total. The maximum atomic E-state index is 12.3. The van der Waals surface area contributed by atoms with Crippen molar-refractivity contribution in [3.8, 4) is 0 Å². The zero-order valence-electron chi connectivity index (χ0n) is 13.5. The maximum Gasteiger partial charge on any atom is 0.220 e. The molecule has 0 aliphatic heterocycles. The Balaban J connectivity index is 1.40. The lowest BCUT2D eigenvalue weighted by atomic mass is 9.80. The normalized spacial score (nSPS) is 40.2. The van der Waals surface area contributed by atoms with Crippen molar-refractivity contribution in [1.29, 1.82) is 0 Å². The largest absolute Gasteiger partial charge is 0.353 e. The Morgan fingerprint density at radius 3 is 2.38 bits per heavy atom. The van der Waals surface area contributed by atoms with E-state index in [2.05, 4.69) is 12.2 Å². The lowest BCUT2D eigenvalue weighted by molar-refractivity contribution is -0.123. The summed E-state index contributed by atoms with van der Waals surface area (Å²) in [5, 5.41) is 3.32. The number of fused-ring (bicyclic) bond motifs is 2. The first-order chi connectivity index (χ1) is 10.2. The van der Waals surface area contributed by atoms with Crippen molar-refractivity contribution < 1.29 is 4.79 Å². The second-order valence-corrected chi connectivity index (χ2v) is 8.02. The quantitative estimate of drug-likeness (QED) is 0.818. The number of carbonyl (C=O) groups is 1. The molecule has 1 amide bonds. The molecule has 3 aliphatic rings. The zero-order valence-corrected chi connectivity index (χ0v) is 13.5. The highest BCUT2D eigenvalue weighted by Crippen LogP contribution is 2.49. The standard InChI is InChI=1S/C18H32N2O/c1-12(17-9-15-6-7-16(17)8-15)20-18(21)10-13-2-4-14(11-19)5-3-13/h12-17H,2-11,19H2,1H3,(H,20,21). The molecule has 120 valence electrons. The predicted octanol–water partition coefficient (Wildman–Crippen LogP) is 3.08. The van der Waals surface area contributed by atoms with Crippen LogP contribution in [0.4, 0.5) is 0 Å². The van der Waals surface area contributed by atoms with Crippen LogP contribution in [-0.2, 0) is 4.79 Å². The highest BCUT2D eigenvalue weighted by Gasteiger charge is 2.42. The number of amides is 1. The van der Waals surface area contributed by atoms with E-state index in [4.69, 9.17) is 5.73 Å². The summed E-state index contributed by atoms with van der Waals surface area (Å²) in [6.45, 7) is 3.05. The molecule has 0 spiro atoms. The lowest BCUT2D eigenvalue weighted by Gasteiger charge is -2.30. The van der Waals surface area contributed by atoms with Crippen molar-refractivity contribution in [3.63, 3.8) is 0 Å². The van der Waals surface area contributed by atoms with E-state index in [0.717, 1.165) is 30.7 Å². The van der Waals surface area contributed by atoms with E-state index in [0.29, 0.717) is 23.8 Å². The highest BCUT2D eigenvalue weighted by atomic mass is 16.1. The maximum absolute atomic E-state index is 12.3. The summed E-state index contributed by atoms with van der Waals surface area (Å²) >= 11 is 0. The number of carbonyl (C=O) groups excluding carboxylic acids is 1. The van der Waals surface area contributed by atoms with Gasteiger partial charge in [-0.05, 0) is 88.0 Å². The third-order valence-corrected chi connectivity index (χ3v) is 6.60. The SMILES string of the molecule is CC(NC(=O)CC1CCC(CN)CC1)C1CC2CCC1C2. The van der Waals surface area contributed by atoms with Crippen molar-refractivity contribution in [2.24, 2.45) is 35.3 Å². The summed E-state index contributed by atoms with van der Waals surface area (Å²) < 4.78 is 0. The molecule has 2 bridgehead atoms. The van der Waals surface area contributed by atoms with Gasteiger partial charge in [-0.25, -0.2) is 0 Å². The summed E-state index contributed by atoms with van der Waals surface area (Å²) in [5.74, 6) is 4.20. The molecule has 0 saturated heterocycles. The smallest absolute Gasteiger partial charge is 0.220 e. The fraction of sp³-hybridized carbons (Fsp3) is 0.944. The monoisotopic (exact) mass is 292 g/mol. The molecular weight excluding hydrogens is 260 g/mol. The second kappa shape index (κ2) is 6.68. The molecular formula is C18H32N2O. The highest BCUT2D eigenvalue weighted by molar-refractivity contribution is 5.76. The molecule has 0 heterocycles. The molecule has 21 heavy (non-hydrogen) atoms.